The summed E-state index contributed by atoms with van der Waals surface area (Å²) in [5, 5.41) is 1.24. The summed E-state index contributed by atoms with van der Waals surface area (Å²) in [6, 6.07) is 14.6. The largest absolute Gasteiger partial charge is 0.292 e. The number of aromatic nitrogens is 2. The molecule has 0 bridgehead atoms. The van der Waals surface area contributed by atoms with E-state index in [0.717, 1.165) is 17.5 Å². The van der Waals surface area contributed by atoms with Crippen molar-refractivity contribution in [1.82, 2.24) is 9.55 Å². The van der Waals surface area contributed by atoms with Gasteiger partial charge < -0.3 is 0 Å². The Morgan fingerprint density at radius 2 is 1.81 bits per heavy atom. The van der Waals surface area contributed by atoms with E-state index in [1.807, 2.05) is 36.4 Å². The lowest BCUT2D eigenvalue weighted by molar-refractivity contribution is 0.615. The Kier molecular flexibility index (Phi) is 4.81. The Hall–Kier alpha value is -2.50. The first-order chi connectivity index (χ1) is 13.1. The Balaban J connectivity index is 2.14. The van der Waals surface area contributed by atoms with Gasteiger partial charge in [0.1, 0.15) is 16.0 Å². The van der Waals surface area contributed by atoms with Crippen LogP contribution in [0.3, 0.4) is 0 Å². The van der Waals surface area contributed by atoms with Crippen LogP contribution in [0.1, 0.15) is 19.8 Å². The van der Waals surface area contributed by atoms with Crippen molar-refractivity contribution >= 4 is 43.2 Å². The lowest BCUT2D eigenvalue weighted by Crippen LogP contribution is -2.27. The molecule has 0 unspecified atom stereocenters. The molecular formula is C21H17ClN2O2S. The molecule has 27 heavy (non-hydrogen) atoms. The fourth-order valence-corrected chi connectivity index (χ4v) is 4.42. The lowest BCUT2D eigenvalue weighted by Gasteiger charge is -2.14. The van der Waals surface area contributed by atoms with Crippen molar-refractivity contribution in [1.29, 1.82) is 0 Å². The van der Waals surface area contributed by atoms with Gasteiger partial charge in [-0.25, -0.2) is 4.98 Å². The van der Waals surface area contributed by atoms with Gasteiger partial charge in [-0.2, -0.15) is 0 Å². The number of fused-ring (bicyclic) bond motifs is 2. The molecule has 0 aliphatic heterocycles. The number of nitrogens with zero attached hydrogens (tertiary/aromatic N) is 2. The van der Waals surface area contributed by atoms with Crippen LogP contribution in [0.25, 0.3) is 31.7 Å². The predicted octanol–water partition coefficient (Wildman–Crippen LogP) is 5.09. The molecule has 2 heterocycles. The molecule has 0 aliphatic rings. The topological polar surface area (TPSA) is 52.0 Å². The van der Waals surface area contributed by atoms with Gasteiger partial charge in [-0.05, 0) is 30.7 Å². The third-order valence-corrected chi connectivity index (χ3v) is 5.95. The summed E-state index contributed by atoms with van der Waals surface area (Å²) in [5.41, 5.74) is 0.144. The molecule has 0 atom stereocenters. The highest BCUT2D eigenvalue weighted by Crippen LogP contribution is 2.28. The van der Waals surface area contributed by atoms with Crippen molar-refractivity contribution in [2.24, 2.45) is 0 Å². The third-order valence-electron chi connectivity index (χ3n) is 4.55. The summed E-state index contributed by atoms with van der Waals surface area (Å²) >= 11 is 7.74. The van der Waals surface area contributed by atoms with E-state index in [1.165, 1.54) is 11.3 Å². The van der Waals surface area contributed by atoms with Gasteiger partial charge in [0.05, 0.1) is 5.02 Å². The third kappa shape index (κ3) is 3.07. The first kappa shape index (κ1) is 17.9. The Morgan fingerprint density at radius 3 is 2.59 bits per heavy atom. The van der Waals surface area contributed by atoms with Crippen molar-refractivity contribution in [3.63, 3.8) is 0 Å². The minimum Gasteiger partial charge on any atom is -0.292 e. The maximum Gasteiger partial charge on any atom is 0.266 e. The van der Waals surface area contributed by atoms with Crippen LogP contribution >= 0.6 is 22.9 Å². The molecular weight excluding hydrogens is 380 g/mol. The van der Waals surface area contributed by atoms with Crippen molar-refractivity contribution in [3.05, 3.63) is 74.1 Å². The van der Waals surface area contributed by atoms with Gasteiger partial charge >= 0.3 is 0 Å². The number of hydrogen-bond donors (Lipinski definition) is 0. The fraction of sp³-hybridized carbons (Fsp3) is 0.190. The Morgan fingerprint density at radius 1 is 1.07 bits per heavy atom. The number of hydrogen-bond acceptors (Lipinski definition) is 4. The average Bonchev–Trinajstić information content (AvgIpc) is 2.67. The van der Waals surface area contributed by atoms with Crippen LogP contribution in [-0.4, -0.2) is 9.55 Å². The molecule has 0 aliphatic carbocycles. The first-order valence-corrected chi connectivity index (χ1v) is 10.0. The summed E-state index contributed by atoms with van der Waals surface area (Å²) in [6.07, 6.45) is 1.74. The van der Waals surface area contributed by atoms with Crippen molar-refractivity contribution in [2.45, 2.75) is 26.3 Å². The summed E-state index contributed by atoms with van der Waals surface area (Å²) in [5.74, 6) is 0.512. The van der Waals surface area contributed by atoms with Gasteiger partial charge in [0, 0.05) is 22.2 Å². The second-order valence-electron chi connectivity index (χ2n) is 6.33. The summed E-state index contributed by atoms with van der Waals surface area (Å²) in [7, 11) is 0. The second-order valence-corrected chi connectivity index (χ2v) is 7.77. The highest BCUT2D eigenvalue weighted by atomic mass is 35.5. The standard InChI is InChI=1S/C21H17ClN2O2S/c1-2-3-12-24-19(13-8-4-6-10-15(13)22)23-20-17(21(24)26)18(25)14-9-5-7-11-16(14)27-20/h4-11H,2-3,12H2,1H3. The molecule has 0 N–H and O–H groups in total. The molecule has 0 spiro atoms. The second kappa shape index (κ2) is 7.25. The van der Waals surface area contributed by atoms with Crippen molar-refractivity contribution in [2.75, 3.05) is 0 Å². The van der Waals surface area contributed by atoms with Gasteiger partial charge in [0.2, 0.25) is 5.43 Å². The van der Waals surface area contributed by atoms with Crippen LogP contribution in [0.15, 0.2) is 58.1 Å². The van der Waals surface area contributed by atoms with Crippen LogP contribution in [0.5, 0.6) is 0 Å². The molecule has 0 saturated heterocycles. The Labute approximate surface area is 164 Å². The lowest BCUT2D eigenvalue weighted by atomic mass is 10.2. The van der Waals surface area contributed by atoms with E-state index >= 15 is 0 Å². The average molecular weight is 397 g/mol. The Bertz CT molecular complexity index is 1280. The zero-order valence-corrected chi connectivity index (χ0v) is 16.3. The van der Waals surface area contributed by atoms with Gasteiger partial charge in [0.15, 0.2) is 0 Å². The molecule has 2 aromatic carbocycles. The van der Waals surface area contributed by atoms with Crippen LogP contribution in [0.4, 0.5) is 0 Å². The van der Waals surface area contributed by atoms with Gasteiger partial charge in [-0.3, -0.25) is 14.2 Å². The minimum atomic E-state index is -0.296. The molecule has 4 aromatic rings. The maximum atomic E-state index is 13.3. The molecule has 2 aromatic heterocycles. The summed E-state index contributed by atoms with van der Waals surface area (Å²) in [4.78, 5) is 31.4. The summed E-state index contributed by atoms with van der Waals surface area (Å²) < 4.78 is 2.41. The summed E-state index contributed by atoms with van der Waals surface area (Å²) in [6.45, 7) is 2.55. The van der Waals surface area contributed by atoms with Crippen LogP contribution in [0, 0.1) is 0 Å². The van der Waals surface area contributed by atoms with E-state index in [9.17, 15) is 9.59 Å². The van der Waals surface area contributed by atoms with E-state index in [0.29, 0.717) is 33.2 Å². The molecule has 4 nitrogen and oxygen atoms in total. The number of unbranched alkanes of at least 4 members (excludes halogenated alkanes) is 1. The van der Waals surface area contributed by atoms with E-state index in [-0.39, 0.29) is 16.4 Å². The fourth-order valence-electron chi connectivity index (χ4n) is 3.16. The van der Waals surface area contributed by atoms with Crippen molar-refractivity contribution in [3.8, 4) is 11.4 Å². The van der Waals surface area contributed by atoms with Gasteiger partial charge in [0.25, 0.3) is 5.56 Å². The zero-order valence-electron chi connectivity index (χ0n) is 14.7. The first-order valence-electron chi connectivity index (χ1n) is 8.83. The highest BCUT2D eigenvalue weighted by molar-refractivity contribution is 7.24. The molecule has 0 radical (unpaired) electrons. The monoisotopic (exact) mass is 396 g/mol. The smallest absolute Gasteiger partial charge is 0.266 e. The van der Waals surface area contributed by atoms with E-state index in [2.05, 4.69) is 6.92 Å². The van der Waals surface area contributed by atoms with Gasteiger partial charge in [-0.1, -0.05) is 49.2 Å². The normalized spacial score (nSPS) is 11.3. The van der Waals surface area contributed by atoms with Gasteiger partial charge in [-0.15, -0.1) is 11.3 Å². The molecule has 6 heteroatoms. The van der Waals surface area contributed by atoms with E-state index in [4.69, 9.17) is 16.6 Å². The molecule has 0 fully saturated rings. The maximum absolute atomic E-state index is 13.3. The molecule has 136 valence electrons. The quantitative estimate of drug-likeness (QED) is 0.451. The van der Waals surface area contributed by atoms with Crippen LogP contribution < -0.4 is 11.0 Å². The number of rotatable bonds is 4. The SMILES string of the molecule is CCCCn1c(-c2ccccc2Cl)nc2sc3ccccc3c(=O)c2c1=O. The van der Waals surface area contributed by atoms with E-state index < -0.39 is 0 Å². The van der Waals surface area contributed by atoms with Crippen LogP contribution in [-0.2, 0) is 6.54 Å². The molecule has 4 rings (SSSR count). The molecule has 0 amide bonds. The number of halogens is 1. The minimum absolute atomic E-state index is 0.158. The predicted molar refractivity (Wildman–Crippen MR) is 113 cm³/mol. The van der Waals surface area contributed by atoms with E-state index in [1.54, 1.807) is 16.7 Å². The molecule has 0 saturated carbocycles. The highest BCUT2D eigenvalue weighted by Gasteiger charge is 2.18. The van der Waals surface area contributed by atoms with Crippen LogP contribution in [0.2, 0.25) is 5.02 Å². The van der Waals surface area contributed by atoms with Crippen molar-refractivity contribution < 1.29 is 0 Å². The zero-order chi connectivity index (χ0) is 19.0. The number of benzene rings is 2.